The number of anilines is 1. The molecule has 166 valence electrons. The van der Waals surface area contributed by atoms with Gasteiger partial charge in [-0.2, -0.15) is 15.5 Å². The Hall–Kier alpha value is -3.49. The van der Waals surface area contributed by atoms with Crippen LogP contribution in [-0.2, 0) is 7.05 Å². The van der Waals surface area contributed by atoms with E-state index in [4.69, 9.17) is 6.57 Å². The largest absolute Gasteiger partial charge is 0.374 e. The van der Waals surface area contributed by atoms with Gasteiger partial charge in [0.1, 0.15) is 0 Å². The molecule has 1 saturated heterocycles. The van der Waals surface area contributed by atoms with Gasteiger partial charge in [-0.25, -0.2) is 4.85 Å². The van der Waals surface area contributed by atoms with Gasteiger partial charge in [-0.3, -0.25) is 4.68 Å². The van der Waals surface area contributed by atoms with Gasteiger partial charge in [0.15, 0.2) is 5.82 Å². The number of likely N-dealkylation sites (tertiary alicyclic amines) is 1. The molecule has 2 saturated carbocycles. The van der Waals surface area contributed by atoms with Gasteiger partial charge in [0.05, 0.1) is 29.3 Å². The average molecular weight is 439 g/mol. The van der Waals surface area contributed by atoms with Crippen LogP contribution >= 0.6 is 0 Å². The summed E-state index contributed by atoms with van der Waals surface area (Å²) >= 11 is 0. The summed E-state index contributed by atoms with van der Waals surface area (Å²) in [6, 6.07) is 10.7. The van der Waals surface area contributed by atoms with Crippen LogP contribution in [0.4, 0.5) is 11.5 Å². The Balaban J connectivity index is 1.13. The summed E-state index contributed by atoms with van der Waals surface area (Å²) in [5.41, 5.74) is 3.01. The third-order valence-corrected chi connectivity index (χ3v) is 7.59. The molecule has 1 aliphatic heterocycles. The van der Waals surface area contributed by atoms with Crippen LogP contribution in [0, 0.1) is 35.2 Å². The molecule has 0 bridgehead atoms. The van der Waals surface area contributed by atoms with Crippen LogP contribution < -0.4 is 5.32 Å². The first kappa shape index (κ1) is 20.1. The molecule has 0 spiro atoms. The third-order valence-electron chi connectivity index (χ3n) is 7.59. The molecular formula is C25H26N8. The van der Waals surface area contributed by atoms with E-state index < -0.39 is 0 Å². The van der Waals surface area contributed by atoms with Gasteiger partial charge < -0.3 is 10.2 Å². The Bertz CT molecular complexity index is 1290. The van der Waals surface area contributed by atoms with Gasteiger partial charge in [-0.05, 0) is 55.7 Å². The van der Waals surface area contributed by atoms with Crippen molar-refractivity contribution >= 4 is 22.4 Å². The van der Waals surface area contributed by atoms with E-state index in [1.165, 1.54) is 0 Å². The second-order valence-electron chi connectivity index (χ2n) is 10.1. The smallest absolute Gasteiger partial charge is 0.232 e. The molecule has 1 aromatic carbocycles. The van der Waals surface area contributed by atoms with Crippen molar-refractivity contribution in [1.29, 1.82) is 5.26 Å². The van der Waals surface area contributed by atoms with E-state index in [9.17, 15) is 5.26 Å². The van der Waals surface area contributed by atoms with Gasteiger partial charge in [-0.15, -0.1) is 5.10 Å². The molecule has 2 aliphatic carbocycles. The first-order valence-electron chi connectivity index (χ1n) is 11.6. The number of aromatic nitrogens is 4. The zero-order chi connectivity index (χ0) is 22.6. The molecule has 0 amide bonds. The summed E-state index contributed by atoms with van der Waals surface area (Å²) < 4.78 is 1.79. The zero-order valence-corrected chi connectivity index (χ0v) is 18.7. The topological polar surface area (TPSA) is 87.0 Å². The maximum atomic E-state index is 9.39. The standard InChI is InChI=1S/C25H26N8/c1-27-23-10-22(16-3-4-21-19(7-16)11-32(2)31-21)29-30-24(23)28-20-8-17-12-33(13-18(17)9-20)15-25(14-26)5-6-25/h3-4,7,10-11,17-18,20H,5-6,8-9,12-13,15H2,2H3,(H,28,30)/t17-,18+,20?. The van der Waals surface area contributed by atoms with E-state index in [1.54, 1.807) is 4.68 Å². The van der Waals surface area contributed by atoms with Gasteiger partial charge in [-0.1, -0.05) is 6.07 Å². The second kappa shape index (κ2) is 7.54. The van der Waals surface area contributed by atoms with Crippen molar-refractivity contribution in [2.24, 2.45) is 24.3 Å². The minimum absolute atomic E-state index is 0.0558. The number of benzene rings is 1. The Morgan fingerprint density at radius 3 is 2.70 bits per heavy atom. The molecule has 8 nitrogen and oxygen atoms in total. The summed E-state index contributed by atoms with van der Waals surface area (Å²) in [6.45, 7) is 10.8. The highest BCUT2D eigenvalue weighted by Gasteiger charge is 2.48. The van der Waals surface area contributed by atoms with Crippen LogP contribution in [0.3, 0.4) is 0 Å². The number of fused-ring (bicyclic) bond motifs is 2. The predicted octanol–water partition coefficient (Wildman–Crippen LogP) is 4.01. The highest BCUT2D eigenvalue weighted by Crippen LogP contribution is 2.48. The number of hydrogen-bond acceptors (Lipinski definition) is 6. The average Bonchev–Trinajstić information content (AvgIpc) is 3.11. The van der Waals surface area contributed by atoms with E-state index in [-0.39, 0.29) is 5.41 Å². The number of nitrogens with one attached hydrogen (secondary N) is 1. The summed E-state index contributed by atoms with van der Waals surface area (Å²) in [7, 11) is 1.90. The van der Waals surface area contributed by atoms with Crippen molar-refractivity contribution in [1.82, 2.24) is 24.9 Å². The monoisotopic (exact) mass is 438 g/mol. The fraction of sp³-hybridized carbons (Fsp3) is 0.480. The summed E-state index contributed by atoms with van der Waals surface area (Å²) in [6.07, 6.45) is 6.26. The Labute approximate surface area is 193 Å². The summed E-state index contributed by atoms with van der Waals surface area (Å²) in [5.74, 6) is 1.90. The molecule has 8 heteroatoms. The van der Waals surface area contributed by atoms with Crippen molar-refractivity contribution in [3.05, 3.63) is 41.9 Å². The maximum absolute atomic E-state index is 9.39. The Morgan fingerprint density at radius 1 is 1.21 bits per heavy atom. The van der Waals surface area contributed by atoms with Crippen LogP contribution in [0.2, 0.25) is 0 Å². The van der Waals surface area contributed by atoms with Crippen LogP contribution in [-0.4, -0.2) is 50.6 Å². The van der Waals surface area contributed by atoms with Crippen LogP contribution in [0.25, 0.3) is 27.0 Å². The molecule has 2 aromatic heterocycles. The Kier molecular flexibility index (Phi) is 4.60. The van der Waals surface area contributed by atoms with Crippen molar-refractivity contribution in [2.75, 3.05) is 25.0 Å². The molecule has 6 rings (SSSR count). The zero-order valence-electron chi connectivity index (χ0n) is 18.7. The molecular weight excluding hydrogens is 412 g/mol. The van der Waals surface area contributed by atoms with Gasteiger partial charge in [0, 0.05) is 49.9 Å². The van der Waals surface area contributed by atoms with E-state index in [2.05, 4.69) is 36.4 Å². The number of aryl methyl sites for hydroxylation is 1. The summed E-state index contributed by atoms with van der Waals surface area (Å²) in [4.78, 5) is 6.24. The van der Waals surface area contributed by atoms with Gasteiger partial charge in [0.2, 0.25) is 5.69 Å². The first-order chi connectivity index (χ1) is 16.0. The second-order valence-corrected chi connectivity index (χ2v) is 10.1. The fourth-order valence-electron chi connectivity index (χ4n) is 5.74. The van der Waals surface area contributed by atoms with E-state index in [1.807, 2.05) is 37.5 Å². The molecule has 3 atom stereocenters. The normalized spacial score (nSPS) is 25.5. The third kappa shape index (κ3) is 3.71. The lowest BCUT2D eigenvalue weighted by Crippen LogP contribution is -2.30. The van der Waals surface area contributed by atoms with E-state index >= 15 is 0 Å². The molecule has 3 aliphatic rings. The maximum Gasteiger partial charge on any atom is 0.232 e. The predicted molar refractivity (Wildman–Crippen MR) is 125 cm³/mol. The van der Waals surface area contributed by atoms with Crippen LogP contribution in [0.1, 0.15) is 25.7 Å². The highest BCUT2D eigenvalue weighted by atomic mass is 15.2. The lowest BCUT2D eigenvalue weighted by Gasteiger charge is -2.21. The molecule has 1 N–H and O–H groups in total. The fourth-order valence-corrected chi connectivity index (χ4v) is 5.74. The molecule has 1 unspecified atom stereocenters. The number of rotatable bonds is 5. The van der Waals surface area contributed by atoms with Crippen molar-refractivity contribution < 1.29 is 0 Å². The Morgan fingerprint density at radius 2 is 2.00 bits per heavy atom. The van der Waals surface area contributed by atoms with Gasteiger partial charge >= 0.3 is 0 Å². The molecule has 3 fully saturated rings. The molecule has 3 aromatic rings. The lowest BCUT2D eigenvalue weighted by molar-refractivity contribution is 0.273. The summed E-state index contributed by atoms with van der Waals surface area (Å²) in [5, 5.41) is 27.2. The van der Waals surface area contributed by atoms with E-state index in [0.29, 0.717) is 35.1 Å². The van der Waals surface area contributed by atoms with Crippen LogP contribution in [0.5, 0.6) is 0 Å². The lowest BCUT2D eigenvalue weighted by atomic mass is 10.0. The van der Waals surface area contributed by atoms with Crippen molar-refractivity contribution in [3.8, 4) is 17.3 Å². The minimum atomic E-state index is -0.0558. The quantitative estimate of drug-likeness (QED) is 0.606. The molecule has 33 heavy (non-hydrogen) atoms. The van der Waals surface area contributed by atoms with Crippen molar-refractivity contribution in [2.45, 2.75) is 31.7 Å². The number of nitriles is 1. The highest BCUT2D eigenvalue weighted by molar-refractivity contribution is 5.84. The van der Waals surface area contributed by atoms with Gasteiger partial charge in [0.25, 0.3) is 0 Å². The molecule has 0 radical (unpaired) electrons. The van der Waals surface area contributed by atoms with Crippen molar-refractivity contribution in [3.63, 3.8) is 0 Å². The van der Waals surface area contributed by atoms with Crippen LogP contribution in [0.15, 0.2) is 30.5 Å². The molecule has 3 heterocycles. The SMILES string of the molecule is [C-]#[N+]c1cc(-c2ccc3nn(C)cc3c2)nnc1NC1C[C@@H]2CN(CC3(C#N)CC3)C[C@@H]2C1. The number of hydrogen-bond donors (Lipinski definition) is 1. The van der Waals surface area contributed by atoms with E-state index in [0.717, 1.165) is 61.8 Å². The number of nitrogens with zero attached hydrogens (tertiary/aromatic N) is 7. The first-order valence-corrected chi connectivity index (χ1v) is 11.6. The minimum Gasteiger partial charge on any atom is -0.374 e.